The molecule has 88 valence electrons. The number of hydrogen-bond acceptors (Lipinski definition) is 4. The molecular formula is C11H18N4O. The summed E-state index contributed by atoms with van der Waals surface area (Å²) in [6.07, 6.45) is 4.15. The molecule has 0 radical (unpaired) electrons. The lowest BCUT2D eigenvalue weighted by Gasteiger charge is -2.23. The van der Waals surface area contributed by atoms with E-state index in [4.69, 9.17) is 0 Å². The predicted octanol–water partition coefficient (Wildman–Crippen LogP) is 0.666. The Bertz CT molecular complexity index is 390. The van der Waals surface area contributed by atoms with Crippen molar-refractivity contribution in [2.24, 2.45) is 0 Å². The van der Waals surface area contributed by atoms with Crippen LogP contribution in [0.3, 0.4) is 0 Å². The van der Waals surface area contributed by atoms with Crippen LogP contribution in [0.5, 0.6) is 0 Å². The Labute approximate surface area is 94.9 Å². The van der Waals surface area contributed by atoms with Crippen molar-refractivity contribution in [2.75, 3.05) is 25.0 Å². The van der Waals surface area contributed by atoms with E-state index in [1.54, 1.807) is 6.20 Å². The van der Waals surface area contributed by atoms with Gasteiger partial charge in [-0.25, -0.2) is 5.10 Å². The largest absolute Gasteiger partial charge is 0.382 e. The summed E-state index contributed by atoms with van der Waals surface area (Å²) in [6.45, 7) is 5.36. The van der Waals surface area contributed by atoms with Gasteiger partial charge < -0.3 is 5.32 Å². The van der Waals surface area contributed by atoms with Crippen LogP contribution in [-0.2, 0) is 0 Å². The topological polar surface area (TPSA) is 61.0 Å². The summed E-state index contributed by atoms with van der Waals surface area (Å²) in [5.74, 6) is 0. The molecule has 2 rings (SSSR count). The van der Waals surface area contributed by atoms with Gasteiger partial charge in [-0.15, -0.1) is 0 Å². The van der Waals surface area contributed by atoms with E-state index in [9.17, 15) is 4.79 Å². The van der Waals surface area contributed by atoms with Gasteiger partial charge >= 0.3 is 0 Å². The van der Waals surface area contributed by atoms with Crippen molar-refractivity contribution in [1.82, 2.24) is 15.1 Å². The maximum atomic E-state index is 11.0. The SMILES string of the molecule is CCN1CCCC1CNc1cn[nH]c(=O)c1. The molecule has 5 heteroatoms. The minimum atomic E-state index is -0.163. The molecule has 0 aliphatic carbocycles. The first-order chi connectivity index (χ1) is 7.79. The number of aromatic nitrogens is 2. The van der Waals surface area contributed by atoms with Crippen molar-refractivity contribution in [2.45, 2.75) is 25.8 Å². The Morgan fingerprint density at radius 3 is 3.31 bits per heavy atom. The molecule has 0 spiro atoms. The van der Waals surface area contributed by atoms with Crippen LogP contribution in [0.1, 0.15) is 19.8 Å². The van der Waals surface area contributed by atoms with E-state index in [-0.39, 0.29) is 5.56 Å². The normalized spacial score (nSPS) is 21.2. The molecule has 16 heavy (non-hydrogen) atoms. The summed E-state index contributed by atoms with van der Waals surface area (Å²) >= 11 is 0. The molecule has 1 aliphatic heterocycles. The van der Waals surface area contributed by atoms with Gasteiger partial charge in [0.1, 0.15) is 0 Å². The van der Waals surface area contributed by atoms with Gasteiger partial charge in [-0.2, -0.15) is 5.10 Å². The maximum absolute atomic E-state index is 11.0. The summed E-state index contributed by atoms with van der Waals surface area (Å²) in [5.41, 5.74) is 0.635. The van der Waals surface area contributed by atoms with Crippen molar-refractivity contribution >= 4 is 5.69 Å². The van der Waals surface area contributed by atoms with Crippen LogP contribution in [0.2, 0.25) is 0 Å². The van der Waals surface area contributed by atoms with Gasteiger partial charge in [0.05, 0.1) is 11.9 Å². The summed E-state index contributed by atoms with van der Waals surface area (Å²) in [5, 5.41) is 9.39. The molecule has 1 atom stereocenters. The molecule has 1 aromatic rings. The minimum Gasteiger partial charge on any atom is -0.382 e. The number of aromatic amines is 1. The molecule has 1 aliphatic rings. The second-order valence-electron chi connectivity index (χ2n) is 4.14. The second kappa shape index (κ2) is 5.12. The molecule has 0 amide bonds. The molecule has 1 aromatic heterocycles. The van der Waals surface area contributed by atoms with E-state index in [0.717, 1.165) is 18.8 Å². The van der Waals surface area contributed by atoms with Crippen molar-refractivity contribution < 1.29 is 0 Å². The highest BCUT2D eigenvalue weighted by Gasteiger charge is 2.22. The number of nitrogens with zero attached hydrogens (tertiary/aromatic N) is 2. The number of likely N-dealkylation sites (tertiary alicyclic amines) is 1. The number of rotatable bonds is 4. The lowest BCUT2D eigenvalue weighted by Crippen LogP contribution is -2.34. The minimum absolute atomic E-state index is 0.163. The Morgan fingerprint density at radius 2 is 2.56 bits per heavy atom. The van der Waals surface area contributed by atoms with Crippen LogP contribution in [0.4, 0.5) is 5.69 Å². The van der Waals surface area contributed by atoms with Crippen molar-refractivity contribution in [1.29, 1.82) is 0 Å². The molecular weight excluding hydrogens is 204 g/mol. The molecule has 1 fully saturated rings. The average Bonchev–Trinajstić information content (AvgIpc) is 2.74. The fraction of sp³-hybridized carbons (Fsp3) is 0.636. The van der Waals surface area contributed by atoms with Gasteiger partial charge in [0.25, 0.3) is 5.56 Å². The van der Waals surface area contributed by atoms with Crippen LogP contribution in [0.25, 0.3) is 0 Å². The standard InChI is InChI=1S/C11H18N4O/c1-2-15-5-3-4-10(15)8-12-9-6-11(16)14-13-7-9/h6-7,10H,2-5,8H2,1H3,(H2,12,14,16). The lowest BCUT2D eigenvalue weighted by atomic mass is 10.2. The van der Waals surface area contributed by atoms with E-state index < -0.39 is 0 Å². The van der Waals surface area contributed by atoms with Crippen molar-refractivity contribution in [3.05, 3.63) is 22.6 Å². The van der Waals surface area contributed by atoms with Gasteiger partial charge in [0, 0.05) is 18.7 Å². The molecule has 1 saturated heterocycles. The number of H-pyrrole nitrogens is 1. The van der Waals surface area contributed by atoms with Crippen LogP contribution in [-0.4, -0.2) is 40.8 Å². The van der Waals surface area contributed by atoms with E-state index >= 15 is 0 Å². The maximum Gasteiger partial charge on any atom is 0.266 e. The second-order valence-corrected chi connectivity index (χ2v) is 4.14. The Morgan fingerprint density at radius 1 is 1.69 bits per heavy atom. The van der Waals surface area contributed by atoms with E-state index in [0.29, 0.717) is 6.04 Å². The zero-order chi connectivity index (χ0) is 11.4. The Kier molecular flexibility index (Phi) is 3.56. The summed E-state index contributed by atoms with van der Waals surface area (Å²) in [6, 6.07) is 2.13. The lowest BCUT2D eigenvalue weighted by molar-refractivity contribution is 0.277. The first kappa shape index (κ1) is 11.1. The third-order valence-electron chi connectivity index (χ3n) is 3.11. The zero-order valence-electron chi connectivity index (χ0n) is 9.57. The highest BCUT2D eigenvalue weighted by molar-refractivity contribution is 5.38. The van der Waals surface area contributed by atoms with Gasteiger partial charge in [0.15, 0.2) is 0 Å². The van der Waals surface area contributed by atoms with E-state index in [2.05, 4.69) is 27.3 Å². The molecule has 0 bridgehead atoms. The van der Waals surface area contributed by atoms with E-state index in [1.807, 2.05) is 0 Å². The average molecular weight is 222 g/mol. The molecule has 0 aromatic carbocycles. The van der Waals surface area contributed by atoms with Crippen molar-refractivity contribution in [3.8, 4) is 0 Å². The molecule has 2 N–H and O–H groups in total. The van der Waals surface area contributed by atoms with Crippen LogP contribution in [0, 0.1) is 0 Å². The monoisotopic (exact) mass is 222 g/mol. The van der Waals surface area contributed by atoms with Crippen LogP contribution >= 0.6 is 0 Å². The Hall–Kier alpha value is -1.36. The number of hydrogen-bond donors (Lipinski definition) is 2. The summed E-state index contributed by atoms with van der Waals surface area (Å²) in [4.78, 5) is 13.5. The number of likely N-dealkylation sites (N-methyl/N-ethyl adjacent to an activating group) is 1. The predicted molar refractivity (Wildman–Crippen MR) is 63.6 cm³/mol. The van der Waals surface area contributed by atoms with Gasteiger partial charge in [0.2, 0.25) is 0 Å². The quantitative estimate of drug-likeness (QED) is 0.786. The third kappa shape index (κ3) is 2.61. The summed E-state index contributed by atoms with van der Waals surface area (Å²) in [7, 11) is 0. The smallest absolute Gasteiger partial charge is 0.266 e. The molecule has 5 nitrogen and oxygen atoms in total. The first-order valence-electron chi connectivity index (χ1n) is 5.82. The molecule has 0 saturated carbocycles. The van der Waals surface area contributed by atoms with Crippen LogP contribution in [0.15, 0.2) is 17.1 Å². The zero-order valence-corrected chi connectivity index (χ0v) is 9.57. The molecule has 1 unspecified atom stereocenters. The molecule has 2 heterocycles. The van der Waals surface area contributed by atoms with Crippen LogP contribution < -0.4 is 10.9 Å². The fourth-order valence-corrected chi connectivity index (χ4v) is 2.25. The first-order valence-corrected chi connectivity index (χ1v) is 5.82. The van der Waals surface area contributed by atoms with Gasteiger partial charge in [-0.1, -0.05) is 6.92 Å². The fourth-order valence-electron chi connectivity index (χ4n) is 2.25. The number of nitrogens with one attached hydrogen (secondary N) is 2. The van der Waals surface area contributed by atoms with Gasteiger partial charge in [-0.05, 0) is 25.9 Å². The third-order valence-corrected chi connectivity index (χ3v) is 3.11. The highest BCUT2D eigenvalue weighted by atomic mass is 16.1. The Balaban J connectivity index is 1.89. The highest BCUT2D eigenvalue weighted by Crippen LogP contribution is 2.16. The van der Waals surface area contributed by atoms with E-state index in [1.165, 1.54) is 25.5 Å². The van der Waals surface area contributed by atoms with Crippen molar-refractivity contribution in [3.63, 3.8) is 0 Å². The summed E-state index contributed by atoms with van der Waals surface area (Å²) < 4.78 is 0. The van der Waals surface area contributed by atoms with Gasteiger partial charge in [-0.3, -0.25) is 9.69 Å². The number of anilines is 1.